The summed E-state index contributed by atoms with van der Waals surface area (Å²) in [6.07, 6.45) is 0.104. The lowest BCUT2D eigenvalue weighted by Gasteiger charge is -2.16. The van der Waals surface area contributed by atoms with Crippen LogP contribution < -0.4 is 10.1 Å². The highest BCUT2D eigenvalue weighted by Gasteiger charge is 2.19. The van der Waals surface area contributed by atoms with Crippen molar-refractivity contribution in [3.63, 3.8) is 0 Å². The van der Waals surface area contributed by atoms with E-state index in [4.69, 9.17) is 9.84 Å². The van der Waals surface area contributed by atoms with Gasteiger partial charge in [-0.1, -0.05) is 26.0 Å². The topological polar surface area (TPSA) is 75.6 Å². The molecule has 1 amide bonds. The summed E-state index contributed by atoms with van der Waals surface area (Å²) >= 11 is 0. The van der Waals surface area contributed by atoms with Gasteiger partial charge in [-0.2, -0.15) is 0 Å². The fourth-order valence-electron chi connectivity index (χ4n) is 2.01. The van der Waals surface area contributed by atoms with E-state index in [0.717, 1.165) is 5.56 Å². The summed E-state index contributed by atoms with van der Waals surface area (Å²) in [4.78, 5) is 22.9. The minimum absolute atomic E-state index is 0.0680. The van der Waals surface area contributed by atoms with Crippen LogP contribution in [0.15, 0.2) is 24.3 Å². The average Bonchev–Trinajstić information content (AvgIpc) is 2.44. The smallest absolute Gasteiger partial charge is 0.303 e. The number of benzene rings is 1. The number of ether oxygens (including phenoxy) is 1. The predicted octanol–water partition coefficient (Wildman–Crippen LogP) is 2.42. The van der Waals surface area contributed by atoms with Crippen molar-refractivity contribution >= 4 is 11.9 Å². The number of nitrogens with one attached hydrogen (secondary N) is 1. The zero-order valence-electron chi connectivity index (χ0n) is 12.8. The Labute approximate surface area is 125 Å². The first-order valence-electron chi connectivity index (χ1n) is 7.04. The Morgan fingerprint density at radius 2 is 1.81 bits per heavy atom. The van der Waals surface area contributed by atoms with E-state index in [1.165, 1.54) is 0 Å². The zero-order chi connectivity index (χ0) is 15.8. The third kappa shape index (κ3) is 6.29. The average molecular weight is 293 g/mol. The van der Waals surface area contributed by atoms with Crippen LogP contribution in [0.4, 0.5) is 0 Å². The molecule has 0 heterocycles. The van der Waals surface area contributed by atoms with E-state index in [1.807, 2.05) is 26.0 Å². The van der Waals surface area contributed by atoms with Crippen molar-refractivity contribution in [2.75, 3.05) is 13.7 Å². The molecule has 1 aromatic carbocycles. The Morgan fingerprint density at radius 3 is 2.29 bits per heavy atom. The van der Waals surface area contributed by atoms with E-state index >= 15 is 0 Å². The van der Waals surface area contributed by atoms with Crippen molar-refractivity contribution < 1.29 is 19.4 Å². The lowest BCUT2D eigenvalue weighted by Crippen LogP contribution is -2.29. The molecule has 0 spiro atoms. The summed E-state index contributed by atoms with van der Waals surface area (Å²) in [5, 5.41) is 11.8. The van der Waals surface area contributed by atoms with Crippen molar-refractivity contribution in [3.8, 4) is 5.75 Å². The first kappa shape index (κ1) is 17.0. The van der Waals surface area contributed by atoms with Gasteiger partial charge in [0.25, 0.3) is 0 Å². The lowest BCUT2D eigenvalue weighted by molar-refractivity contribution is -0.137. The Kier molecular flexibility index (Phi) is 6.72. The second-order valence-electron chi connectivity index (χ2n) is 5.47. The Bertz CT molecular complexity index is 468. The van der Waals surface area contributed by atoms with Crippen LogP contribution in [-0.4, -0.2) is 30.6 Å². The number of carbonyl (C=O) groups excluding carboxylic acids is 1. The number of aliphatic carboxylic acids is 1. The molecule has 21 heavy (non-hydrogen) atoms. The molecule has 0 aliphatic carbocycles. The third-order valence-corrected chi connectivity index (χ3v) is 3.15. The summed E-state index contributed by atoms with van der Waals surface area (Å²) in [6.45, 7) is 4.62. The number of carboxylic acid groups (broad SMARTS) is 1. The molecule has 0 aliphatic heterocycles. The van der Waals surface area contributed by atoms with E-state index < -0.39 is 5.97 Å². The molecule has 0 saturated carbocycles. The molecule has 5 nitrogen and oxygen atoms in total. The highest BCUT2D eigenvalue weighted by molar-refractivity contribution is 5.78. The predicted molar refractivity (Wildman–Crippen MR) is 80.5 cm³/mol. The molecule has 0 aromatic heterocycles. The fourth-order valence-corrected chi connectivity index (χ4v) is 2.01. The van der Waals surface area contributed by atoms with E-state index in [0.29, 0.717) is 18.2 Å². The number of hydrogen-bond acceptors (Lipinski definition) is 3. The van der Waals surface area contributed by atoms with Gasteiger partial charge in [-0.3, -0.25) is 9.59 Å². The number of methoxy groups -OCH3 is 1. The van der Waals surface area contributed by atoms with Crippen molar-refractivity contribution in [2.24, 2.45) is 5.92 Å². The molecular weight excluding hydrogens is 270 g/mol. The van der Waals surface area contributed by atoms with Gasteiger partial charge in [0.1, 0.15) is 5.75 Å². The van der Waals surface area contributed by atoms with Crippen LogP contribution in [0.25, 0.3) is 0 Å². The maximum atomic E-state index is 11.9. The molecule has 0 radical (unpaired) electrons. The first-order chi connectivity index (χ1) is 9.92. The monoisotopic (exact) mass is 293 g/mol. The van der Waals surface area contributed by atoms with Gasteiger partial charge in [0.15, 0.2) is 0 Å². The van der Waals surface area contributed by atoms with Crippen LogP contribution in [-0.2, 0) is 9.59 Å². The van der Waals surface area contributed by atoms with Gasteiger partial charge in [0.2, 0.25) is 5.91 Å². The van der Waals surface area contributed by atoms with Gasteiger partial charge in [-0.05, 0) is 23.6 Å². The molecule has 0 bridgehead atoms. The number of rotatable bonds is 8. The van der Waals surface area contributed by atoms with Crippen LogP contribution in [0.1, 0.15) is 38.2 Å². The highest BCUT2D eigenvalue weighted by atomic mass is 16.5. The van der Waals surface area contributed by atoms with Crippen LogP contribution in [0.3, 0.4) is 0 Å². The van der Waals surface area contributed by atoms with Crippen LogP contribution in [0, 0.1) is 5.92 Å². The van der Waals surface area contributed by atoms with E-state index in [-0.39, 0.29) is 24.7 Å². The van der Waals surface area contributed by atoms with Crippen molar-refractivity contribution in [2.45, 2.75) is 32.6 Å². The normalized spacial score (nSPS) is 12.0. The molecule has 116 valence electrons. The van der Waals surface area contributed by atoms with Crippen LogP contribution >= 0.6 is 0 Å². The summed E-state index contributed by atoms with van der Waals surface area (Å²) in [5.41, 5.74) is 0.831. The molecule has 5 heteroatoms. The summed E-state index contributed by atoms with van der Waals surface area (Å²) < 4.78 is 5.08. The van der Waals surface area contributed by atoms with Crippen LogP contribution in [0.2, 0.25) is 0 Å². The third-order valence-electron chi connectivity index (χ3n) is 3.15. The number of carboxylic acids is 1. The van der Waals surface area contributed by atoms with E-state index in [1.54, 1.807) is 19.2 Å². The molecule has 1 aromatic rings. The molecule has 0 aliphatic rings. The summed E-state index contributed by atoms with van der Waals surface area (Å²) in [5.74, 6) is -0.288. The van der Waals surface area contributed by atoms with E-state index in [2.05, 4.69) is 5.32 Å². The lowest BCUT2D eigenvalue weighted by atomic mass is 9.92. The van der Waals surface area contributed by atoms with Gasteiger partial charge in [0, 0.05) is 18.9 Å². The summed E-state index contributed by atoms with van der Waals surface area (Å²) in [6, 6.07) is 7.16. The SMILES string of the molecule is COc1ccc([C@@H](CC(=O)O)CC(=O)NCC(C)C)cc1. The molecular formula is C16H23NO4. The van der Waals surface area contributed by atoms with Crippen molar-refractivity contribution in [1.82, 2.24) is 5.32 Å². The zero-order valence-corrected chi connectivity index (χ0v) is 12.8. The van der Waals surface area contributed by atoms with Gasteiger partial charge in [-0.25, -0.2) is 0 Å². The summed E-state index contributed by atoms with van der Waals surface area (Å²) in [7, 11) is 1.57. The second kappa shape index (κ2) is 8.29. The van der Waals surface area contributed by atoms with Gasteiger partial charge in [-0.15, -0.1) is 0 Å². The number of carbonyl (C=O) groups is 2. The Morgan fingerprint density at radius 1 is 1.19 bits per heavy atom. The largest absolute Gasteiger partial charge is 0.497 e. The first-order valence-corrected chi connectivity index (χ1v) is 7.04. The standard InChI is InChI=1S/C16H23NO4/c1-11(2)10-17-15(18)8-13(9-16(19)20)12-4-6-14(21-3)7-5-12/h4-7,11,13H,8-10H2,1-3H3,(H,17,18)(H,19,20)/t13-/m1/s1. The second-order valence-corrected chi connectivity index (χ2v) is 5.47. The van der Waals surface area contributed by atoms with Gasteiger partial charge >= 0.3 is 5.97 Å². The van der Waals surface area contributed by atoms with Gasteiger partial charge in [0.05, 0.1) is 13.5 Å². The van der Waals surface area contributed by atoms with Crippen molar-refractivity contribution in [3.05, 3.63) is 29.8 Å². The van der Waals surface area contributed by atoms with Crippen molar-refractivity contribution in [1.29, 1.82) is 0 Å². The minimum Gasteiger partial charge on any atom is -0.497 e. The molecule has 1 rings (SSSR count). The molecule has 0 unspecified atom stereocenters. The molecule has 0 saturated heterocycles. The number of amides is 1. The Hall–Kier alpha value is -2.04. The minimum atomic E-state index is -0.910. The van der Waals surface area contributed by atoms with Gasteiger partial charge < -0.3 is 15.2 Å². The fraction of sp³-hybridized carbons (Fsp3) is 0.500. The molecule has 2 N–H and O–H groups in total. The maximum absolute atomic E-state index is 11.9. The van der Waals surface area contributed by atoms with Crippen LogP contribution in [0.5, 0.6) is 5.75 Å². The van der Waals surface area contributed by atoms with E-state index in [9.17, 15) is 9.59 Å². The Balaban J connectivity index is 2.74. The highest BCUT2D eigenvalue weighted by Crippen LogP contribution is 2.25. The maximum Gasteiger partial charge on any atom is 0.303 e. The molecule has 1 atom stereocenters. The quantitative estimate of drug-likeness (QED) is 0.772. The number of hydrogen-bond donors (Lipinski definition) is 2. The molecule has 0 fully saturated rings.